The number of hydrogen-bond donors (Lipinski definition) is 1. The van der Waals surface area contributed by atoms with Gasteiger partial charge in [0.15, 0.2) is 0 Å². The Morgan fingerprint density at radius 2 is 2.00 bits per heavy atom. The number of amides is 1. The summed E-state index contributed by atoms with van der Waals surface area (Å²) in [5.74, 6) is 0.235. The number of benzene rings is 2. The molecule has 0 aliphatic rings. The van der Waals surface area contributed by atoms with Crippen molar-refractivity contribution in [2.75, 3.05) is 33.9 Å². The highest BCUT2D eigenvalue weighted by atomic mass is 16.6. The van der Waals surface area contributed by atoms with Crippen molar-refractivity contribution in [3.63, 3.8) is 0 Å². The van der Waals surface area contributed by atoms with Crippen LogP contribution in [0.3, 0.4) is 0 Å². The van der Waals surface area contributed by atoms with Crippen LogP contribution in [-0.4, -0.2) is 54.2 Å². The number of ether oxygens (including phenoxy) is 1. The zero-order valence-electron chi connectivity index (χ0n) is 17.6. The fraction of sp³-hybridized carbons (Fsp3) is 0.318. The quantitative estimate of drug-likeness (QED) is 0.574. The molecule has 0 unspecified atom stereocenters. The summed E-state index contributed by atoms with van der Waals surface area (Å²) in [5, 5.41) is 0.448. The smallest absolute Gasteiger partial charge is 0.274 e. The summed E-state index contributed by atoms with van der Waals surface area (Å²) >= 11 is 0. The number of hydroxylamine groups is 1. The second kappa shape index (κ2) is 9.51. The molecule has 0 atom stereocenters. The maximum atomic E-state index is 13.2. The lowest BCUT2D eigenvalue weighted by Gasteiger charge is -2.13. The summed E-state index contributed by atoms with van der Waals surface area (Å²) in [6.45, 7) is 5.29. The summed E-state index contributed by atoms with van der Waals surface area (Å²) < 4.78 is 7.20. The summed E-state index contributed by atoms with van der Waals surface area (Å²) in [7, 11) is 3.94. The Kier molecular flexibility index (Phi) is 6.81. The number of carbonyl (C=O) groups is 1. The predicted octanol–water partition coefficient (Wildman–Crippen LogP) is 2.32. The lowest BCUT2D eigenvalue weighted by Crippen LogP contribution is -2.24. The lowest BCUT2D eigenvalue weighted by atomic mass is 10.1. The van der Waals surface area contributed by atoms with E-state index in [0.29, 0.717) is 41.1 Å². The summed E-state index contributed by atoms with van der Waals surface area (Å²) in [6.07, 6.45) is 1.48. The average molecular weight is 410 g/mol. The molecule has 0 aliphatic heterocycles. The first-order valence-corrected chi connectivity index (χ1v) is 9.72. The molecule has 1 N–H and O–H groups in total. The Labute approximate surface area is 175 Å². The molecule has 8 nitrogen and oxygen atoms in total. The second-order valence-corrected chi connectivity index (χ2v) is 7.12. The zero-order valence-corrected chi connectivity index (χ0v) is 17.6. The molecule has 0 bridgehead atoms. The zero-order chi connectivity index (χ0) is 21.7. The van der Waals surface area contributed by atoms with Gasteiger partial charge in [-0.25, -0.2) is 10.5 Å². The van der Waals surface area contributed by atoms with E-state index in [9.17, 15) is 9.59 Å². The third-order valence-electron chi connectivity index (χ3n) is 4.58. The molecule has 158 valence electrons. The van der Waals surface area contributed by atoms with Crippen LogP contribution in [-0.2, 0) is 4.84 Å². The van der Waals surface area contributed by atoms with Crippen molar-refractivity contribution in [2.24, 2.45) is 0 Å². The van der Waals surface area contributed by atoms with Crippen molar-refractivity contribution in [3.8, 4) is 11.4 Å². The molecule has 1 aromatic heterocycles. The Bertz CT molecular complexity index is 1110. The summed E-state index contributed by atoms with van der Waals surface area (Å²) in [4.78, 5) is 36.8. The minimum atomic E-state index is -0.378. The normalized spacial score (nSPS) is 11.1. The van der Waals surface area contributed by atoms with E-state index in [1.54, 1.807) is 43.3 Å². The number of rotatable bonds is 8. The highest BCUT2D eigenvalue weighted by Crippen LogP contribution is 2.19. The summed E-state index contributed by atoms with van der Waals surface area (Å²) in [6, 6.07) is 10.4. The first-order valence-electron chi connectivity index (χ1n) is 9.72. The van der Waals surface area contributed by atoms with Crippen LogP contribution in [0.15, 0.2) is 47.5 Å². The fourth-order valence-electron chi connectivity index (χ4n) is 2.92. The lowest BCUT2D eigenvalue weighted by molar-refractivity contribution is 0.0364. The number of nitrogens with zero attached hydrogens (tertiary/aromatic N) is 3. The first-order chi connectivity index (χ1) is 14.4. The van der Waals surface area contributed by atoms with Gasteiger partial charge in [-0.2, -0.15) is 0 Å². The van der Waals surface area contributed by atoms with Crippen molar-refractivity contribution in [1.82, 2.24) is 19.9 Å². The maximum absolute atomic E-state index is 13.2. The van der Waals surface area contributed by atoms with Gasteiger partial charge in [-0.1, -0.05) is 6.07 Å². The van der Waals surface area contributed by atoms with E-state index in [1.807, 2.05) is 25.9 Å². The van der Waals surface area contributed by atoms with Crippen molar-refractivity contribution in [2.45, 2.75) is 13.8 Å². The van der Waals surface area contributed by atoms with E-state index in [0.717, 1.165) is 12.1 Å². The number of aryl methyl sites for hydroxylation is 1. The van der Waals surface area contributed by atoms with Crippen molar-refractivity contribution >= 4 is 16.8 Å². The molecule has 0 spiro atoms. The third kappa shape index (κ3) is 4.84. The van der Waals surface area contributed by atoms with Gasteiger partial charge in [0, 0.05) is 12.1 Å². The van der Waals surface area contributed by atoms with Crippen LogP contribution in [0.4, 0.5) is 0 Å². The molecule has 8 heteroatoms. The largest absolute Gasteiger partial charge is 0.492 e. The molecular formula is C22H26N4O4. The molecule has 3 aromatic rings. The average Bonchev–Trinajstić information content (AvgIpc) is 2.73. The molecular weight excluding hydrogens is 384 g/mol. The van der Waals surface area contributed by atoms with E-state index in [1.165, 1.54) is 10.9 Å². The monoisotopic (exact) mass is 410 g/mol. The number of likely N-dealkylation sites (N-methyl/N-ethyl adjacent to an activating group) is 1. The molecule has 0 radical (unpaired) electrons. The Balaban J connectivity index is 1.98. The molecule has 1 heterocycles. The van der Waals surface area contributed by atoms with Crippen LogP contribution in [0.25, 0.3) is 16.6 Å². The molecule has 0 aliphatic carbocycles. The van der Waals surface area contributed by atoms with Crippen LogP contribution in [0.2, 0.25) is 0 Å². The minimum Gasteiger partial charge on any atom is -0.492 e. The third-order valence-corrected chi connectivity index (χ3v) is 4.58. The van der Waals surface area contributed by atoms with E-state index < -0.39 is 0 Å². The van der Waals surface area contributed by atoms with E-state index in [2.05, 4.69) is 10.5 Å². The Morgan fingerprint density at radius 1 is 1.20 bits per heavy atom. The van der Waals surface area contributed by atoms with E-state index >= 15 is 0 Å². The van der Waals surface area contributed by atoms with Gasteiger partial charge in [0.1, 0.15) is 18.7 Å². The molecule has 0 saturated heterocycles. The second-order valence-electron chi connectivity index (χ2n) is 7.12. The number of hydrogen-bond acceptors (Lipinski definition) is 6. The van der Waals surface area contributed by atoms with E-state index in [4.69, 9.17) is 9.57 Å². The summed E-state index contributed by atoms with van der Waals surface area (Å²) in [5.41, 5.74) is 4.52. The SMILES string of the molecule is CCONC(=O)c1ccc(C)c(-n2cnc3ccc(OCCN(C)C)cc3c2=O)c1. The highest BCUT2D eigenvalue weighted by molar-refractivity contribution is 5.94. The topological polar surface area (TPSA) is 85.7 Å². The molecule has 2 aromatic carbocycles. The number of aromatic nitrogens is 2. The van der Waals surface area contributed by atoms with Gasteiger partial charge < -0.3 is 9.64 Å². The molecule has 3 rings (SSSR count). The predicted molar refractivity (Wildman–Crippen MR) is 115 cm³/mol. The first kappa shape index (κ1) is 21.5. The van der Waals surface area contributed by atoms with Crippen molar-refractivity contribution < 1.29 is 14.4 Å². The van der Waals surface area contributed by atoms with Gasteiger partial charge in [0.25, 0.3) is 11.5 Å². The Hall–Kier alpha value is -3.23. The molecule has 30 heavy (non-hydrogen) atoms. The maximum Gasteiger partial charge on any atom is 0.274 e. The molecule has 1 amide bonds. The van der Waals surface area contributed by atoms with Crippen LogP contribution in [0.5, 0.6) is 5.75 Å². The van der Waals surface area contributed by atoms with Crippen LogP contribution < -0.4 is 15.8 Å². The van der Waals surface area contributed by atoms with Crippen molar-refractivity contribution in [1.29, 1.82) is 0 Å². The Morgan fingerprint density at radius 3 is 2.73 bits per heavy atom. The van der Waals surface area contributed by atoms with Gasteiger partial charge in [0.05, 0.1) is 23.2 Å². The van der Waals surface area contributed by atoms with E-state index in [-0.39, 0.29) is 11.5 Å². The van der Waals surface area contributed by atoms with Gasteiger partial charge in [-0.3, -0.25) is 19.0 Å². The van der Waals surface area contributed by atoms with Gasteiger partial charge in [0.2, 0.25) is 0 Å². The van der Waals surface area contributed by atoms with Gasteiger partial charge in [-0.15, -0.1) is 0 Å². The number of fused-ring (bicyclic) bond motifs is 1. The molecule has 0 saturated carbocycles. The molecule has 0 fully saturated rings. The van der Waals surface area contributed by atoms with Crippen LogP contribution >= 0.6 is 0 Å². The van der Waals surface area contributed by atoms with Crippen molar-refractivity contribution in [3.05, 3.63) is 64.2 Å². The van der Waals surface area contributed by atoms with Crippen LogP contribution in [0, 0.1) is 6.92 Å². The highest BCUT2D eigenvalue weighted by Gasteiger charge is 2.13. The fourth-order valence-corrected chi connectivity index (χ4v) is 2.92. The minimum absolute atomic E-state index is 0.233. The van der Waals surface area contributed by atoms with Gasteiger partial charge in [-0.05, 0) is 63.8 Å². The van der Waals surface area contributed by atoms with Gasteiger partial charge >= 0.3 is 0 Å². The standard InChI is InChI=1S/C22H26N4O4/c1-5-30-24-21(27)16-7-6-15(2)20(12-16)26-14-23-19-9-8-17(13-18(19)22(26)28)29-11-10-25(3)4/h6-9,12-14H,5,10-11H2,1-4H3,(H,24,27). The van der Waals surface area contributed by atoms with Crippen LogP contribution in [0.1, 0.15) is 22.8 Å². The number of carbonyl (C=O) groups excluding carboxylic acids is 1. The number of nitrogens with one attached hydrogen (secondary N) is 1.